The minimum atomic E-state index is 0.563. The van der Waals surface area contributed by atoms with Crippen molar-refractivity contribution >= 4 is 11.8 Å². The van der Waals surface area contributed by atoms with E-state index in [4.69, 9.17) is 0 Å². The Morgan fingerprint density at radius 2 is 2.18 bits per heavy atom. The molecular weight excluding hydrogens is 212 g/mol. The molecule has 2 unspecified atom stereocenters. The van der Waals surface area contributed by atoms with Crippen LogP contribution in [0.5, 0.6) is 0 Å². The summed E-state index contributed by atoms with van der Waals surface area (Å²) in [6.07, 6.45) is 7.07. The van der Waals surface area contributed by atoms with E-state index in [-0.39, 0.29) is 0 Å². The fourth-order valence-corrected chi connectivity index (χ4v) is 2.40. The van der Waals surface area contributed by atoms with Crippen LogP contribution in [0.3, 0.4) is 0 Å². The highest BCUT2D eigenvalue weighted by Gasteiger charge is 2.21. The van der Waals surface area contributed by atoms with Crippen LogP contribution < -0.4 is 10.6 Å². The average molecular weight is 234 g/mol. The van der Waals surface area contributed by atoms with Gasteiger partial charge in [-0.05, 0) is 31.7 Å². The van der Waals surface area contributed by atoms with Crippen molar-refractivity contribution in [2.75, 3.05) is 17.2 Å². The third-order valence-electron chi connectivity index (χ3n) is 3.44. The van der Waals surface area contributed by atoms with Crippen molar-refractivity contribution in [3.05, 3.63) is 12.3 Å². The van der Waals surface area contributed by atoms with Gasteiger partial charge >= 0.3 is 0 Å². The van der Waals surface area contributed by atoms with Gasteiger partial charge in [-0.15, -0.1) is 0 Å². The smallest absolute Gasteiger partial charge is 0.224 e. The Morgan fingerprint density at radius 1 is 1.35 bits per heavy atom. The minimum absolute atomic E-state index is 0.563. The number of rotatable bonds is 4. The molecule has 0 spiro atoms. The molecule has 0 amide bonds. The molecule has 4 heteroatoms. The van der Waals surface area contributed by atoms with Gasteiger partial charge < -0.3 is 10.6 Å². The summed E-state index contributed by atoms with van der Waals surface area (Å²) >= 11 is 0. The topological polar surface area (TPSA) is 49.8 Å². The lowest BCUT2D eigenvalue weighted by Gasteiger charge is -2.29. The van der Waals surface area contributed by atoms with Gasteiger partial charge in [0.2, 0.25) is 5.95 Å². The monoisotopic (exact) mass is 234 g/mol. The van der Waals surface area contributed by atoms with E-state index >= 15 is 0 Å². The molecule has 17 heavy (non-hydrogen) atoms. The Labute approximate surface area is 103 Å². The van der Waals surface area contributed by atoms with Crippen LogP contribution in [-0.2, 0) is 0 Å². The zero-order valence-corrected chi connectivity index (χ0v) is 10.7. The van der Waals surface area contributed by atoms with Crippen molar-refractivity contribution in [2.45, 2.75) is 45.6 Å². The highest BCUT2D eigenvalue weighted by atomic mass is 15.1. The van der Waals surface area contributed by atoms with E-state index in [0.29, 0.717) is 12.0 Å². The van der Waals surface area contributed by atoms with Crippen molar-refractivity contribution in [1.82, 2.24) is 9.97 Å². The molecule has 94 valence electrons. The summed E-state index contributed by atoms with van der Waals surface area (Å²) in [4.78, 5) is 8.64. The first-order chi connectivity index (χ1) is 8.29. The maximum atomic E-state index is 4.46. The molecule has 1 saturated carbocycles. The van der Waals surface area contributed by atoms with Gasteiger partial charge in [-0.25, -0.2) is 4.98 Å². The average Bonchev–Trinajstić information content (AvgIpc) is 2.33. The van der Waals surface area contributed by atoms with Crippen LogP contribution in [0.1, 0.15) is 39.5 Å². The summed E-state index contributed by atoms with van der Waals surface area (Å²) in [5, 5.41) is 6.67. The van der Waals surface area contributed by atoms with Gasteiger partial charge in [0.25, 0.3) is 0 Å². The van der Waals surface area contributed by atoms with E-state index in [1.54, 1.807) is 6.20 Å². The second-order valence-electron chi connectivity index (χ2n) is 4.81. The van der Waals surface area contributed by atoms with Crippen LogP contribution in [0.2, 0.25) is 0 Å². The lowest BCUT2D eigenvalue weighted by molar-refractivity contribution is 0.349. The van der Waals surface area contributed by atoms with Crippen LogP contribution in [0.25, 0.3) is 0 Å². The molecule has 1 aromatic rings. The molecule has 2 N–H and O–H groups in total. The van der Waals surface area contributed by atoms with Gasteiger partial charge in [0, 0.05) is 18.8 Å². The maximum Gasteiger partial charge on any atom is 0.224 e. The van der Waals surface area contributed by atoms with Gasteiger partial charge in [-0.2, -0.15) is 4.98 Å². The van der Waals surface area contributed by atoms with E-state index in [2.05, 4.69) is 27.5 Å². The first-order valence-corrected chi connectivity index (χ1v) is 6.63. The van der Waals surface area contributed by atoms with Gasteiger partial charge in [0.05, 0.1) is 0 Å². The molecule has 0 bridgehead atoms. The van der Waals surface area contributed by atoms with E-state index in [1.165, 1.54) is 25.7 Å². The Bertz CT molecular complexity index is 353. The molecule has 0 aromatic carbocycles. The largest absolute Gasteiger partial charge is 0.367 e. The molecule has 2 atom stereocenters. The number of nitrogens with zero attached hydrogens (tertiary/aromatic N) is 2. The third kappa shape index (κ3) is 3.32. The predicted octanol–water partition coefficient (Wildman–Crippen LogP) is 2.90. The van der Waals surface area contributed by atoms with Gasteiger partial charge in [0.15, 0.2) is 0 Å². The molecule has 0 radical (unpaired) electrons. The molecule has 0 saturated heterocycles. The maximum absolute atomic E-state index is 4.46. The van der Waals surface area contributed by atoms with Crippen molar-refractivity contribution in [3.8, 4) is 0 Å². The number of hydrogen-bond acceptors (Lipinski definition) is 4. The molecule has 1 aliphatic carbocycles. The zero-order valence-electron chi connectivity index (χ0n) is 10.7. The highest BCUT2D eigenvalue weighted by molar-refractivity contribution is 5.40. The first-order valence-electron chi connectivity index (χ1n) is 6.63. The Kier molecular flexibility index (Phi) is 4.18. The molecule has 1 heterocycles. The summed E-state index contributed by atoms with van der Waals surface area (Å²) in [5.74, 6) is 2.39. The summed E-state index contributed by atoms with van der Waals surface area (Å²) < 4.78 is 0. The second-order valence-corrected chi connectivity index (χ2v) is 4.81. The van der Waals surface area contributed by atoms with E-state index in [9.17, 15) is 0 Å². The number of anilines is 2. The first kappa shape index (κ1) is 12.1. The standard InChI is InChI=1S/C13H22N4/c1-3-14-13-15-9-8-12(17-13)16-11-7-5-4-6-10(11)2/h8-11H,3-7H2,1-2H3,(H2,14,15,16,17). The van der Waals surface area contributed by atoms with Crippen LogP contribution >= 0.6 is 0 Å². The fraction of sp³-hybridized carbons (Fsp3) is 0.692. The molecule has 2 rings (SSSR count). The molecule has 0 aliphatic heterocycles. The van der Waals surface area contributed by atoms with E-state index in [1.807, 2.05) is 13.0 Å². The lowest BCUT2D eigenvalue weighted by Crippen LogP contribution is -2.30. The number of nitrogens with one attached hydrogen (secondary N) is 2. The Balaban J connectivity index is 1.99. The van der Waals surface area contributed by atoms with Gasteiger partial charge in [-0.3, -0.25) is 0 Å². The van der Waals surface area contributed by atoms with Crippen LogP contribution in [0.15, 0.2) is 12.3 Å². The van der Waals surface area contributed by atoms with Crippen molar-refractivity contribution in [2.24, 2.45) is 5.92 Å². The molecule has 1 aliphatic rings. The molecule has 4 nitrogen and oxygen atoms in total. The Morgan fingerprint density at radius 3 is 2.94 bits per heavy atom. The van der Waals surface area contributed by atoms with Crippen LogP contribution in [0, 0.1) is 5.92 Å². The highest BCUT2D eigenvalue weighted by Crippen LogP contribution is 2.26. The fourth-order valence-electron chi connectivity index (χ4n) is 2.40. The van der Waals surface area contributed by atoms with E-state index in [0.717, 1.165) is 18.3 Å². The van der Waals surface area contributed by atoms with Crippen LogP contribution in [-0.4, -0.2) is 22.6 Å². The summed E-state index contributed by atoms with van der Waals surface area (Å²) in [6.45, 7) is 5.22. The van der Waals surface area contributed by atoms with E-state index < -0.39 is 0 Å². The molecule has 1 fully saturated rings. The van der Waals surface area contributed by atoms with Crippen molar-refractivity contribution in [3.63, 3.8) is 0 Å². The zero-order chi connectivity index (χ0) is 12.1. The number of aromatic nitrogens is 2. The third-order valence-corrected chi connectivity index (χ3v) is 3.44. The molecule has 1 aromatic heterocycles. The normalized spacial score (nSPS) is 24.4. The predicted molar refractivity (Wildman–Crippen MR) is 71.2 cm³/mol. The van der Waals surface area contributed by atoms with Crippen molar-refractivity contribution in [1.29, 1.82) is 0 Å². The second kappa shape index (κ2) is 5.84. The SMILES string of the molecule is CCNc1nccc(NC2CCCCC2C)n1. The minimum Gasteiger partial charge on any atom is -0.367 e. The quantitative estimate of drug-likeness (QED) is 0.841. The summed E-state index contributed by atoms with van der Waals surface area (Å²) in [7, 11) is 0. The summed E-state index contributed by atoms with van der Waals surface area (Å²) in [5.41, 5.74) is 0. The van der Waals surface area contributed by atoms with Gasteiger partial charge in [0.1, 0.15) is 5.82 Å². The Hall–Kier alpha value is -1.32. The lowest BCUT2D eigenvalue weighted by atomic mass is 9.86. The van der Waals surface area contributed by atoms with Crippen LogP contribution in [0.4, 0.5) is 11.8 Å². The number of hydrogen-bond donors (Lipinski definition) is 2. The summed E-state index contributed by atoms with van der Waals surface area (Å²) in [6, 6.07) is 2.51. The molecular formula is C13H22N4. The van der Waals surface area contributed by atoms with Crippen molar-refractivity contribution < 1.29 is 0 Å². The van der Waals surface area contributed by atoms with Gasteiger partial charge in [-0.1, -0.05) is 19.8 Å².